The number of fused-ring (bicyclic) bond motifs is 1. The quantitative estimate of drug-likeness (QED) is 0.689. The fourth-order valence-corrected chi connectivity index (χ4v) is 1.75. The van der Waals surface area contributed by atoms with Crippen molar-refractivity contribution in [2.24, 2.45) is 0 Å². The van der Waals surface area contributed by atoms with Gasteiger partial charge in [0.05, 0.1) is 0 Å². The van der Waals surface area contributed by atoms with Gasteiger partial charge in [0.1, 0.15) is 0 Å². The van der Waals surface area contributed by atoms with E-state index in [1.54, 1.807) is 12.1 Å². The van der Waals surface area contributed by atoms with Gasteiger partial charge in [-0.3, -0.25) is 0 Å². The Morgan fingerprint density at radius 1 is 1.00 bits per heavy atom. The van der Waals surface area contributed by atoms with Crippen LogP contribution in [-0.4, -0.2) is 23.8 Å². The minimum absolute atomic E-state index is 0.0710. The molecule has 0 saturated carbocycles. The lowest BCUT2D eigenvalue weighted by molar-refractivity contribution is 0.405. The van der Waals surface area contributed by atoms with Gasteiger partial charge in [-0.15, -0.1) is 0 Å². The maximum Gasteiger partial charge on any atom is 0.158 e. The zero-order chi connectivity index (χ0) is 11.5. The third kappa shape index (κ3) is 2.09. The summed E-state index contributed by atoms with van der Waals surface area (Å²) >= 11 is 0. The van der Waals surface area contributed by atoms with Crippen molar-refractivity contribution in [1.82, 2.24) is 5.32 Å². The maximum absolute atomic E-state index is 9.42. The Labute approximate surface area is 94.3 Å². The number of hydrogen-bond donors (Lipinski definition) is 3. The molecule has 0 unspecified atom stereocenters. The Morgan fingerprint density at radius 2 is 1.69 bits per heavy atom. The predicted molar refractivity (Wildman–Crippen MR) is 64.9 cm³/mol. The molecule has 3 heteroatoms. The first-order chi connectivity index (χ1) is 7.70. The van der Waals surface area contributed by atoms with E-state index >= 15 is 0 Å². The van der Waals surface area contributed by atoms with Crippen LogP contribution in [0.1, 0.15) is 5.56 Å². The van der Waals surface area contributed by atoms with Crippen molar-refractivity contribution in [2.45, 2.75) is 6.42 Å². The normalized spacial score (nSPS) is 10.8. The Hall–Kier alpha value is -1.74. The minimum Gasteiger partial charge on any atom is -0.504 e. The molecule has 0 aromatic heterocycles. The van der Waals surface area contributed by atoms with E-state index in [1.165, 1.54) is 5.56 Å². The number of rotatable bonds is 3. The van der Waals surface area contributed by atoms with Gasteiger partial charge in [0.25, 0.3) is 0 Å². The van der Waals surface area contributed by atoms with E-state index in [1.807, 2.05) is 25.2 Å². The highest BCUT2D eigenvalue weighted by atomic mass is 16.3. The van der Waals surface area contributed by atoms with E-state index in [0.29, 0.717) is 0 Å². The molecular formula is C13H15NO2. The van der Waals surface area contributed by atoms with Crippen LogP contribution in [-0.2, 0) is 6.42 Å². The molecule has 16 heavy (non-hydrogen) atoms. The average molecular weight is 217 g/mol. The number of likely N-dealkylation sites (N-methyl/N-ethyl adjacent to an activating group) is 1. The second kappa shape index (κ2) is 4.41. The minimum atomic E-state index is -0.0736. The SMILES string of the molecule is CNCCc1ccc2cc(O)c(O)cc2c1. The van der Waals surface area contributed by atoms with Crippen LogP contribution in [0.4, 0.5) is 0 Å². The molecule has 0 saturated heterocycles. The van der Waals surface area contributed by atoms with Crippen LogP contribution in [0.15, 0.2) is 30.3 Å². The molecule has 3 N–H and O–H groups in total. The third-order valence-corrected chi connectivity index (χ3v) is 2.66. The lowest BCUT2D eigenvalue weighted by Crippen LogP contribution is -2.10. The summed E-state index contributed by atoms with van der Waals surface area (Å²) in [6.07, 6.45) is 0.952. The lowest BCUT2D eigenvalue weighted by atomic mass is 10.0. The van der Waals surface area contributed by atoms with E-state index in [4.69, 9.17) is 0 Å². The zero-order valence-electron chi connectivity index (χ0n) is 9.20. The smallest absolute Gasteiger partial charge is 0.158 e. The van der Waals surface area contributed by atoms with Crippen LogP contribution in [0.2, 0.25) is 0 Å². The summed E-state index contributed by atoms with van der Waals surface area (Å²) < 4.78 is 0. The molecule has 0 fully saturated rings. The third-order valence-electron chi connectivity index (χ3n) is 2.66. The van der Waals surface area contributed by atoms with Gasteiger partial charge in [0, 0.05) is 0 Å². The zero-order valence-corrected chi connectivity index (χ0v) is 9.20. The number of phenolic OH excluding ortho intramolecular Hbond substituents is 2. The van der Waals surface area contributed by atoms with Crippen molar-refractivity contribution in [2.75, 3.05) is 13.6 Å². The first-order valence-corrected chi connectivity index (χ1v) is 5.30. The lowest BCUT2D eigenvalue weighted by Gasteiger charge is -2.05. The van der Waals surface area contributed by atoms with E-state index in [9.17, 15) is 10.2 Å². The number of nitrogens with one attached hydrogen (secondary N) is 1. The van der Waals surface area contributed by atoms with E-state index in [2.05, 4.69) is 5.32 Å². The van der Waals surface area contributed by atoms with Crippen LogP contribution in [0.25, 0.3) is 10.8 Å². The molecule has 0 heterocycles. The molecule has 0 bridgehead atoms. The molecule has 84 valence electrons. The topological polar surface area (TPSA) is 52.5 Å². The highest BCUT2D eigenvalue weighted by molar-refractivity contribution is 5.86. The molecule has 0 atom stereocenters. The Bertz CT molecular complexity index is 509. The summed E-state index contributed by atoms with van der Waals surface area (Å²) in [7, 11) is 1.92. The Morgan fingerprint density at radius 3 is 2.38 bits per heavy atom. The van der Waals surface area contributed by atoms with Crippen LogP contribution < -0.4 is 5.32 Å². The summed E-state index contributed by atoms with van der Waals surface area (Å²) in [5.41, 5.74) is 1.21. The van der Waals surface area contributed by atoms with Gasteiger partial charge in [-0.05, 0) is 48.5 Å². The molecular weight excluding hydrogens is 202 g/mol. The van der Waals surface area contributed by atoms with Gasteiger partial charge in [0.2, 0.25) is 0 Å². The van der Waals surface area contributed by atoms with Crippen molar-refractivity contribution in [3.05, 3.63) is 35.9 Å². The number of phenols is 2. The number of hydrogen-bond acceptors (Lipinski definition) is 3. The summed E-state index contributed by atoms with van der Waals surface area (Å²) in [5.74, 6) is -0.145. The summed E-state index contributed by atoms with van der Waals surface area (Å²) in [5, 5.41) is 23.8. The van der Waals surface area contributed by atoms with E-state index in [0.717, 1.165) is 23.7 Å². The molecule has 2 aromatic rings. The van der Waals surface area contributed by atoms with Crippen molar-refractivity contribution in [1.29, 1.82) is 0 Å². The number of benzene rings is 2. The van der Waals surface area contributed by atoms with Crippen molar-refractivity contribution in [3.63, 3.8) is 0 Å². The van der Waals surface area contributed by atoms with Crippen LogP contribution in [0.3, 0.4) is 0 Å². The largest absolute Gasteiger partial charge is 0.504 e. The van der Waals surface area contributed by atoms with Crippen molar-refractivity contribution >= 4 is 10.8 Å². The van der Waals surface area contributed by atoms with Gasteiger partial charge >= 0.3 is 0 Å². The van der Waals surface area contributed by atoms with Gasteiger partial charge in [-0.1, -0.05) is 18.2 Å². The standard InChI is InChI=1S/C13H15NO2/c1-14-5-4-9-2-3-10-7-12(15)13(16)8-11(10)6-9/h2-3,6-8,14-16H,4-5H2,1H3. The Kier molecular flexibility index (Phi) is 2.97. The van der Waals surface area contributed by atoms with Crippen LogP contribution in [0.5, 0.6) is 11.5 Å². The fraction of sp³-hybridized carbons (Fsp3) is 0.231. The maximum atomic E-state index is 9.42. The summed E-state index contributed by atoms with van der Waals surface area (Å²) in [6, 6.07) is 9.20. The van der Waals surface area contributed by atoms with Gasteiger partial charge < -0.3 is 15.5 Å². The second-order valence-electron chi connectivity index (χ2n) is 3.88. The van der Waals surface area contributed by atoms with Gasteiger partial charge in [-0.2, -0.15) is 0 Å². The predicted octanol–water partition coefficient (Wildman–Crippen LogP) is 2.01. The number of aromatic hydroxyl groups is 2. The highest BCUT2D eigenvalue weighted by Gasteiger charge is 2.02. The molecule has 2 rings (SSSR count). The van der Waals surface area contributed by atoms with E-state index < -0.39 is 0 Å². The van der Waals surface area contributed by atoms with Crippen LogP contribution in [0, 0.1) is 0 Å². The van der Waals surface area contributed by atoms with Crippen molar-refractivity contribution in [3.8, 4) is 11.5 Å². The Balaban J connectivity index is 2.41. The molecule has 0 spiro atoms. The fourth-order valence-electron chi connectivity index (χ4n) is 1.75. The van der Waals surface area contributed by atoms with Crippen molar-refractivity contribution < 1.29 is 10.2 Å². The molecule has 0 aliphatic carbocycles. The molecule has 0 aliphatic rings. The molecule has 0 amide bonds. The average Bonchev–Trinajstić information content (AvgIpc) is 2.28. The molecule has 0 radical (unpaired) electrons. The second-order valence-corrected chi connectivity index (χ2v) is 3.88. The van der Waals surface area contributed by atoms with Gasteiger partial charge in [-0.25, -0.2) is 0 Å². The first-order valence-electron chi connectivity index (χ1n) is 5.30. The first kappa shape index (κ1) is 10.8. The summed E-state index contributed by atoms with van der Waals surface area (Å²) in [6.45, 7) is 0.926. The summed E-state index contributed by atoms with van der Waals surface area (Å²) in [4.78, 5) is 0. The highest BCUT2D eigenvalue weighted by Crippen LogP contribution is 2.30. The van der Waals surface area contributed by atoms with Gasteiger partial charge in [0.15, 0.2) is 11.5 Å². The van der Waals surface area contributed by atoms with E-state index in [-0.39, 0.29) is 11.5 Å². The molecule has 3 nitrogen and oxygen atoms in total. The molecule has 2 aromatic carbocycles. The molecule has 0 aliphatic heterocycles. The van der Waals surface area contributed by atoms with Crippen LogP contribution >= 0.6 is 0 Å². The monoisotopic (exact) mass is 217 g/mol.